The molecule has 0 bridgehead atoms. The van der Waals surface area contributed by atoms with Gasteiger partial charge in [-0.2, -0.15) is 5.26 Å². The summed E-state index contributed by atoms with van der Waals surface area (Å²) in [5.41, 5.74) is 5.38. The Balaban J connectivity index is 1.68. The molecular formula is C24H21N5O. The average molecular weight is 395 g/mol. The molecule has 148 valence electrons. The number of pyridine rings is 1. The van der Waals surface area contributed by atoms with Gasteiger partial charge in [0, 0.05) is 36.6 Å². The van der Waals surface area contributed by atoms with Crippen LogP contribution in [0.25, 0.3) is 11.1 Å². The monoisotopic (exact) mass is 395 g/mol. The van der Waals surface area contributed by atoms with E-state index in [0.717, 1.165) is 59.0 Å². The van der Waals surface area contributed by atoms with Gasteiger partial charge in [-0.3, -0.25) is 4.98 Å². The molecule has 1 N–H and O–H groups in total. The second kappa shape index (κ2) is 7.53. The second-order valence-corrected chi connectivity index (χ2v) is 7.38. The van der Waals surface area contributed by atoms with E-state index in [4.69, 9.17) is 9.73 Å². The van der Waals surface area contributed by atoms with E-state index in [0.29, 0.717) is 5.56 Å². The van der Waals surface area contributed by atoms with E-state index in [2.05, 4.69) is 27.3 Å². The smallest absolute Gasteiger partial charge is 0.148 e. The number of fused-ring (bicyclic) bond motifs is 1. The van der Waals surface area contributed by atoms with Crippen molar-refractivity contribution in [1.29, 1.82) is 5.26 Å². The molecule has 0 spiro atoms. The predicted molar refractivity (Wildman–Crippen MR) is 116 cm³/mol. The largest absolute Gasteiger partial charge is 0.495 e. The molecule has 6 nitrogen and oxygen atoms in total. The molecule has 0 radical (unpaired) electrons. The number of aliphatic imine (C=N–C) groups is 1. The second-order valence-electron chi connectivity index (χ2n) is 7.38. The van der Waals surface area contributed by atoms with E-state index in [1.807, 2.05) is 48.7 Å². The first-order valence-electron chi connectivity index (χ1n) is 9.99. The number of benzene rings is 2. The fourth-order valence-corrected chi connectivity index (χ4v) is 3.93. The van der Waals surface area contributed by atoms with Crippen LogP contribution in [0.4, 0.5) is 5.69 Å². The summed E-state index contributed by atoms with van der Waals surface area (Å²) in [5.74, 6) is 1.69. The maximum absolute atomic E-state index is 9.56. The first kappa shape index (κ1) is 18.2. The van der Waals surface area contributed by atoms with Gasteiger partial charge in [0.25, 0.3) is 0 Å². The van der Waals surface area contributed by atoms with Crippen molar-refractivity contribution < 1.29 is 4.74 Å². The number of methoxy groups -OCH3 is 1. The number of ether oxygens (including phenoxy) is 1. The molecule has 1 unspecified atom stereocenters. The van der Waals surface area contributed by atoms with Crippen molar-refractivity contribution in [3.8, 4) is 22.9 Å². The Morgan fingerprint density at radius 1 is 1.13 bits per heavy atom. The highest BCUT2D eigenvalue weighted by Gasteiger charge is 2.31. The Labute approximate surface area is 175 Å². The third kappa shape index (κ3) is 3.05. The van der Waals surface area contributed by atoms with Crippen LogP contribution < -0.4 is 10.1 Å². The number of aromatic nitrogens is 1. The van der Waals surface area contributed by atoms with Gasteiger partial charge < -0.3 is 15.0 Å². The van der Waals surface area contributed by atoms with Crippen molar-refractivity contribution in [3.05, 3.63) is 77.6 Å². The summed E-state index contributed by atoms with van der Waals surface area (Å²) in [6.45, 7) is 1.97. The predicted octanol–water partition coefficient (Wildman–Crippen LogP) is 4.21. The van der Waals surface area contributed by atoms with E-state index in [9.17, 15) is 5.26 Å². The lowest BCUT2D eigenvalue weighted by molar-refractivity contribution is 0.298. The molecule has 2 aliphatic heterocycles. The van der Waals surface area contributed by atoms with Gasteiger partial charge in [-0.15, -0.1) is 0 Å². The highest BCUT2D eigenvalue weighted by atomic mass is 16.5. The van der Waals surface area contributed by atoms with Crippen LogP contribution in [0.5, 0.6) is 5.75 Å². The number of anilines is 1. The highest BCUT2D eigenvalue weighted by molar-refractivity contribution is 6.07. The zero-order valence-corrected chi connectivity index (χ0v) is 16.7. The summed E-state index contributed by atoms with van der Waals surface area (Å²) >= 11 is 0. The van der Waals surface area contributed by atoms with Gasteiger partial charge in [-0.1, -0.05) is 24.3 Å². The molecule has 3 aromatic rings. The van der Waals surface area contributed by atoms with Crippen LogP contribution in [0.1, 0.15) is 29.3 Å². The Hall–Kier alpha value is -3.85. The van der Waals surface area contributed by atoms with Crippen LogP contribution in [0.3, 0.4) is 0 Å². The van der Waals surface area contributed by atoms with Crippen molar-refractivity contribution in [1.82, 2.24) is 9.88 Å². The molecule has 1 aromatic heterocycles. The number of nitrogens with zero attached hydrogens (tertiary/aromatic N) is 4. The van der Waals surface area contributed by atoms with Crippen LogP contribution in [-0.4, -0.2) is 35.9 Å². The summed E-state index contributed by atoms with van der Waals surface area (Å²) in [7, 11) is 1.67. The number of nitrogens with one attached hydrogen (secondary N) is 1. The van der Waals surface area contributed by atoms with Crippen LogP contribution in [0.2, 0.25) is 0 Å². The first-order valence-corrected chi connectivity index (χ1v) is 9.99. The quantitative estimate of drug-likeness (QED) is 0.719. The minimum atomic E-state index is -0.229. The van der Waals surface area contributed by atoms with Crippen LogP contribution in [0.15, 0.2) is 65.9 Å². The standard InChI is InChI=1S/C24H21N5O/c1-30-21-13-18(19-8-3-2-6-16(19)14-25)12-20-22(21)27-23(17-7-4-9-26-15-17)28-24(20)29-10-5-11-29/h2-4,6-9,12-13,15,23,27H,5,10-11H2,1H3. The van der Waals surface area contributed by atoms with Crippen molar-refractivity contribution >= 4 is 11.5 Å². The number of hydrogen-bond acceptors (Lipinski definition) is 6. The summed E-state index contributed by atoms with van der Waals surface area (Å²) in [6.07, 6.45) is 4.53. The van der Waals surface area contributed by atoms with E-state index < -0.39 is 0 Å². The van der Waals surface area contributed by atoms with Crippen molar-refractivity contribution in [2.75, 3.05) is 25.5 Å². The first-order chi connectivity index (χ1) is 14.8. The SMILES string of the molecule is COc1cc(-c2ccccc2C#N)cc2c1NC(c1cccnc1)N=C2N1CCC1. The fourth-order valence-electron chi connectivity index (χ4n) is 3.93. The van der Waals surface area contributed by atoms with Gasteiger partial charge in [-0.25, -0.2) is 4.99 Å². The minimum Gasteiger partial charge on any atom is -0.495 e. The number of rotatable bonds is 3. The molecule has 3 heterocycles. The van der Waals surface area contributed by atoms with E-state index in [1.54, 1.807) is 13.3 Å². The summed E-state index contributed by atoms with van der Waals surface area (Å²) in [5, 5.41) is 13.1. The summed E-state index contributed by atoms with van der Waals surface area (Å²) in [4.78, 5) is 11.6. The molecule has 30 heavy (non-hydrogen) atoms. The number of hydrogen-bond donors (Lipinski definition) is 1. The number of likely N-dealkylation sites (tertiary alicyclic amines) is 1. The molecule has 0 saturated carbocycles. The molecule has 2 aliphatic rings. The Morgan fingerprint density at radius 3 is 2.70 bits per heavy atom. The third-order valence-corrected chi connectivity index (χ3v) is 5.61. The topological polar surface area (TPSA) is 73.5 Å². The molecule has 5 rings (SSSR count). The molecule has 1 fully saturated rings. The van der Waals surface area contributed by atoms with Gasteiger partial charge in [0.15, 0.2) is 0 Å². The summed E-state index contributed by atoms with van der Waals surface area (Å²) in [6, 6.07) is 18.0. The molecule has 1 atom stereocenters. The Bertz CT molecular complexity index is 1160. The van der Waals surface area contributed by atoms with E-state index >= 15 is 0 Å². The van der Waals surface area contributed by atoms with Crippen molar-refractivity contribution in [3.63, 3.8) is 0 Å². The molecule has 0 aliphatic carbocycles. The molecule has 0 amide bonds. The Kier molecular flexibility index (Phi) is 4.56. The molecular weight excluding hydrogens is 374 g/mol. The van der Waals surface area contributed by atoms with E-state index in [-0.39, 0.29) is 6.17 Å². The van der Waals surface area contributed by atoms with Crippen LogP contribution in [-0.2, 0) is 0 Å². The highest BCUT2D eigenvalue weighted by Crippen LogP contribution is 2.41. The van der Waals surface area contributed by atoms with Crippen LogP contribution in [0, 0.1) is 11.3 Å². The minimum absolute atomic E-state index is 0.229. The van der Waals surface area contributed by atoms with Crippen molar-refractivity contribution in [2.24, 2.45) is 4.99 Å². The zero-order valence-electron chi connectivity index (χ0n) is 16.7. The molecule has 2 aromatic carbocycles. The third-order valence-electron chi connectivity index (χ3n) is 5.61. The number of nitriles is 1. The van der Waals surface area contributed by atoms with Gasteiger partial charge in [-0.05, 0) is 41.8 Å². The van der Waals surface area contributed by atoms with Crippen LogP contribution >= 0.6 is 0 Å². The lowest BCUT2D eigenvalue weighted by atomic mass is 9.95. The Morgan fingerprint density at radius 2 is 2.00 bits per heavy atom. The molecule has 1 saturated heterocycles. The average Bonchev–Trinajstić information content (AvgIpc) is 2.77. The van der Waals surface area contributed by atoms with Crippen molar-refractivity contribution in [2.45, 2.75) is 12.6 Å². The fraction of sp³-hybridized carbons (Fsp3) is 0.208. The lowest BCUT2D eigenvalue weighted by Gasteiger charge is -2.38. The van der Waals surface area contributed by atoms with Gasteiger partial charge in [0.05, 0.1) is 24.4 Å². The number of amidine groups is 1. The zero-order chi connectivity index (χ0) is 20.5. The maximum atomic E-state index is 9.56. The normalized spacial score (nSPS) is 17.1. The van der Waals surface area contributed by atoms with Gasteiger partial charge in [0.2, 0.25) is 0 Å². The summed E-state index contributed by atoms with van der Waals surface area (Å²) < 4.78 is 5.78. The van der Waals surface area contributed by atoms with Gasteiger partial charge >= 0.3 is 0 Å². The maximum Gasteiger partial charge on any atom is 0.148 e. The van der Waals surface area contributed by atoms with Gasteiger partial charge in [0.1, 0.15) is 17.8 Å². The lowest BCUT2D eigenvalue weighted by Crippen LogP contribution is -2.44. The molecule has 6 heteroatoms. The van der Waals surface area contributed by atoms with E-state index in [1.165, 1.54) is 0 Å².